The molecule has 1 aliphatic rings. The van der Waals surface area contributed by atoms with Crippen LogP contribution in [0.4, 0.5) is 23.7 Å². The summed E-state index contributed by atoms with van der Waals surface area (Å²) >= 11 is 0. The Hall–Kier alpha value is -3.64. The maximum atomic E-state index is 13.3. The predicted octanol–water partition coefficient (Wildman–Crippen LogP) is 4.21. The molecular weight excluding hydrogens is 469 g/mol. The fourth-order valence-electron chi connectivity index (χ4n) is 3.84. The second kappa shape index (κ2) is 10.3. The third-order valence-electron chi connectivity index (χ3n) is 5.41. The number of aryl methyl sites for hydroxylation is 1. The molecule has 0 radical (unpaired) electrons. The second-order valence-corrected chi connectivity index (χ2v) is 7.97. The minimum Gasteiger partial charge on any atom is -0.406 e. The molecule has 3 aromatic rings. The smallest absolute Gasteiger partial charge is 0.406 e. The van der Waals surface area contributed by atoms with Gasteiger partial charge in [0.1, 0.15) is 18.2 Å². The Kier molecular flexibility index (Phi) is 7.22. The van der Waals surface area contributed by atoms with Gasteiger partial charge in [-0.2, -0.15) is 0 Å². The molecule has 35 heavy (non-hydrogen) atoms. The number of benzene rings is 2. The molecule has 2 aromatic carbocycles. The molecule has 1 atom stereocenters. The molecule has 9 nitrogen and oxygen atoms in total. The van der Waals surface area contributed by atoms with Crippen LogP contribution in [-0.2, 0) is 16.3 Å². The van der Waals surface area contributed by atoms with Crippen LogP contribution in [0.1, 0.15) is 30.3 Å². The Bertz CT molecular complexity index is 1250. The molecule has 2 amide bonds. The number of carbonyl (C=O) groups excluding carboxylic acids is 1. The standard InChI is InChI=1S/C23H23F3N4O5/c1-14-28-20-9-4-15(11-19(20)21(31)30(14)17-3-2-10-33-34-13-17)12-27-22(32)29-16-5-7-18(8-6-16)35-23(24,25)26/h4-9,11,17H,2-3,10,12-13H2,1H3,(H2,27,29,32). The van der Waals surface area contributed by atoms with E-state index < -0.39 is 18.1 Å². The van der Waals surface area contributed by atoms with Crippen molar-refractivity contribution >= 4 is 22.6 Å². The molecule has 0 aliphatic carbocycles. The number of halogens is 3. The summed E-state index contributed by atoms with van der Waals surface area (Å²) in [5.41, 5.74) is 1.31. The molecule has 186 valence electrons. The molecule has 0 bridgehead atoms. The summed E-state index contributed by atoms with van der Waals surface area (Å²) in [5.74, 6) is 0.187. The van der Waals surface area contributed by atoms with Gasteiger partial charge in [-0.25, -0.2) is 19.6 Å². The summed E-state index contributed by atoms with van der Waals surface area (Å²) < 4.78 is 42.2. The highest BCUT2D eigenvalue weighted by Crippen LogP contribution is 2.24. The normalized spacial score (nSPS) is 16.5. The van der Waals surface area contributed by atoms with E-state index in [-0.39, 0.29) is 30.4 Å². The van der Waals surface area contributed by atoms with Crippen LogP contribution < -0.4 is 20.9 Å². The molecule has 1 saturated heterocycles. The van der Waals surface area contributed by atoms with Gasteiger partial charge in [-0.1, -0.05) is 6.07 Å². The van der Waals surface area contributed by atoms with Crippen molar-refractivity contribution in [2.45, 2.75) is 38.7 Å². The van der Waals surface area contributed by atoms with Crippen LogP contribution in [-0.4, -0.2) is 35.2 Å². The number of ether oxygens (including phenoxy) is 1. The van der Waals surface area contributed by atoms with E-state index in [2.05, 4.69) is 20.4 Å². The molecule has 1 unspecified atom stereocenters. The first-order chi connectivity index (χ1) is 16.7. The zero-order valence-corrected chi connectivity index (χ0v) is 18.7. The molecule has 1 aromatic heterocycles. The third-order valence-corrected chi connectivity index (χ3v) is 5.41. The zero-order valence-electron chi connectivity index (χ0n) is 18.7. The predicted molar refractivity (Wildman–Crippen MR) is 120 cm³/mol. The van der Waals surface area contributed by atoms with Crippen LogP contribution >= 0.6 is 0 Å². The number of aromatic nitrogens is 2. The van der Waals surface area contributed by atoms with Crippen LogP contribution in [0.5, 0.6) is 5.75 Å². The summed E-state index contributed by atoms with van der Waals surface area (Å²) in [5, 5.41) is 5.60. The molecule has 0 spiro atoms. The van der Waals surface area contributed by atoms with E-state index in [1.807, 2.05) is 0 Å². The second-order valence-electron chi connectivity index (χ2n) is 7.97. The van der Waals surface area contributed by atoms with E-state index in [0.29, 0.717) is 28.9 Å². The highest BCUT2D eigenvalue weighted by molar-refractivity contribution is 5.89. The van der Waals surface area contributed by atoms with Crippen molar-refractivity contribution in [2.24, 2.45) is 0 Å². The van der Waals surface area contributed by atoms with Gasteiger partial charge in [0.15, 0.2) is 0 Å². The Morgan fingerprint density at radius 1 is 1.20 bits per heavy atom. The molecule has 12 heteroatoms. The largest absolute Gasteiger partial charge is 0.573 e. The van der Waals surface area contributed by atoms with E-state index in [0.717, 1.165) is 25.0 Å². The summed E-state index contributed by atoms with van der Waals surface area (Å²) in [6, 6.07) is 9.16. The highest BCUT2D eigenvalue weighted by Gasteiger charge is 2.31. The topological polar surface area (TPSA) is 104 Å². The first-order valence-corrected chi connectivity index (χ1v) is 10.9. The Morgan fingerprint density at radius 2 is 1.97 bits per heavy atom. The van der Waals surface area contributed by atoms with Gasteiger partial charge < -0.3 is 15.4 Å². The SMILES string of the molecule is Cc1nc2ccc(CNC(=O)Nc3ccc(OC(F)(F)F)cc3)cc2c(=O)n1C1CCCOOC1. The van der Waals surface area contributed by atoms with Gasteiger partial charge in [-0.15, -0.1) is 13.2 Å². The van der Waals surface area contributed by atoms with E-state index in [1.54, 1.807) is 29.7 Å². The number of rotatable bonds is 5. The number of carbonyl (C=O) groups is 1. The van der Waals surface area contributed by atoms with Crippen molar-refractivity contribution in [3.8, 4) is 5.75 Å². The van der Waals surface area contributed by atoms with Gasteiger partial charge in [-0.3, -0.25) is 9.36 Å². The van der Waals surface area contributed by atoms with Crippen LogP contribution in [0.25, 0.3) is 10.9 Å². The number of amides is 2. The Balaban J connectivity index is 1.43. The fourth-order valence-corrected chi connectivity index (χ4v) is 3.84. The number of urea groups is 1. The maximum Gasteiger partial charge on any atom is 0.573 e. The van der Waals surface area contributed by atoms with E-state index in [9.17, 15) is 22.8 Å². The minimum absolute atomic E-state index is 0.116. The molecule has 1 fully saturated rings. The van der Waals surface area contributed by atoms with Crippen molar-refractivity contribution in [1.29, 1.82) is 0 Å². The number of nitrogens with one attached hydrogen (secondary N) is 2. The van der Waals surface area contributed by atoms with Crippen molar-refractivity contribution < 1.29 is 32.5 Å². The molecule has 1 aliphatic heterocycles. The van der Waals surface area contributed by atoms with Crippen molar-refractivity contribution in [3.63, 3.8) is 0 Å². The Labute approximate surface area is 197 Å². The number of hydrogen-bond acceptors (Lipinski definition) is 6. The lowest BCUT2D eigenvalue weighted by molar-refractivity contribution is -0.291. The molecular formula is C23H23F3N4O5. The average molecular weight is 492 g/mol. The van der Waals surface area contributed by atoms with Crippen LogP contribution in [0.15, 0.2) is 47.3 Å². The van der Waals surface area contributed by atoms with E-state index in [1.165, 1.54) is 12.1 Å². The van der Waals surface area contributed by atoms with E-state index in [4.69, 9.17) is 9.78 Å². The summed E-state index contributed by atoms with van der Waals surface area (Å²) in [7, 11) is 0. The maximum absolute atomic E-state index is 13.3. The Morgan fingerprint density at radius 3 is 2.71 bits per heavy atom. The third kappa shape index (κ3) is 6.28. The lowest BCUT2D eigenvalue weighted by Gasteiger charge is -2.19. The van der Waals surface area contributed by atoms with Crippen molar-refractivity contribution in [3.05, 3.63) is 64.2 Å². The molecule has 4 rings (SSSR count). The molecule has 2 N–H and O–H groups in total. The first-order valence-electron chi connectivity index (χ1n) is 10.9. The van der Waals surface area contributed by atoms with Crippen molar-refractivity contribution in [1.82, 2.24) is 14.9 Å². The van der Waals surface area contributed by atoms with Gasteiger partial charge in [0.2, 0.25) is 0 Å². The van der Waals surface area contributed by atoms with Crippen molar-refractivity contribution in [2.75, 3.05) is 18.5 Å². The van der Waals surface area contributed by atoms with Crippen LogP contribution in [0, 0.1) is 6.92 Å². The summed E-state index contributed by atoms with van der Waals surface area (Å²) in [6.45, 7) is 2.60. The van der Waals surface area contributed by atoms with E-state index >= 15 is 0 Å². The van der Waals surface area contributed by atoms with Crippen LogP contribution in [0.2, 0.25) is 0 Å². The van der Waals surface area contributed by atoms with Crippen LogP contribution in [0.3, 0.4) is 0 Å². The summed E-state index contributed by atoms with van der Waals surface area (Å²) in [6.07, 6.45) is -3.31. The number of alkyl halides is 3. The molecule has 0 saturated carbocycles. The quantitative estimate of drug-likeness (QED) is 0.518. The first kappa shape index (κ1) is 24.5. The fraction of sp³-hybridized carbons (Fsp3) is 0.348. The lowest BCUT2D eigenvalue weighted by Crippen LogP contribution is -2.30. The minimum atomic E-state index is -4.79. The summed E-state index contributed by atoms with van der Waals surface area (Å²) in [4.78, 5) is 40.2. The van der Waals surface area contributed by atoms with Gasteiger partial charge in [0.25, 0.3) is 5.56 Å². The monoisotopic (exact) mass is 492 g/mol. The van der Waals surface area contributed by atoms with Gasteiger partial charge in [0.05, 0.1) is 23.6 Å². The number of nitrogens with zero attached hydrogens (tertiary/aromatic N) is 2. The number of hydrogen-bond donors (Lipinski definition) is 2. The van der Waals surface area contributed by atoms with Gasteiger partial charge in [-0.05, 0) is 61.7 Å². The molecule has 2 heterocycles. The van der Waals surface area contributed by atoms with Gasteiger partial charge >= 0.3 is 12.4 Å². The number of fused-ring (bicyclic) bond motifs is 1. The van der Waals surface area contributed by atoms with Gasteiger partial charge in [0, 0.05) is 12.2 Å². The highest BCUT2D eigenvalue weighted by atomic mass is 19.4. The lowest BCUT2D eigenvalue weighted by atomic mass is 10.1. The average Bonchev–Trinajstić information content (AvgIpc) is 3.08. The number of anilines is 1. The zero-order chi connectivity index (χ0) is 25.0.